The van der Waals surface area contributed by atoms with Crippen LogP contribution in [0, 0.1) is 5.82 Å². The van der Waals surface area contributed by atoms with Crippen LogP contribution in [0.4, 0.5) is 10.1 Å². The minimum atomic E-state index is -0.600. The van der Waals surface area contributed by atoms with Gasteiger partial charge in [0.25, 0.3) is 0 Å². The zero-order valence-electron chi connectivity index (χ0n) is 12.2. The van der Waals surface area contributed by atoms with Crippen molar-refractivity contribution in [1.82, 2.24) is 15.0 Å². The van der Waals surface area contributed by atoms with E-state index >= 15 is 0 Å². The van der Waals surface area contributed by atoms with Gasteiger partial charge in [0.2, 0.25) is 5.91 Å². The molecule has 6 nitrogen and oxygen atoms in total. The smallest absolute Gasteiger partial charge is 0.248 e. The fraction of sp³-hybridized carbons (Fsp3) is 0.357. The highest BCUT2D eigenvalue weighted by Gasteiger charge is 2.15. The minimum absolute atomic E-state index is 0.164. The second-order valence-corrected chi connectivity index (χ2v) is 5.74. The summed E-state index contributed by atoms with van der Waals surface area (Å²) < 4.78 is 15.4. The molecule has 0 aliphatic rings. The Labute approximate surface area is 122 Å². The minimum Gasteiger partial charge on any atom is -0.377 e. The van der Waals surface area contributed by atoms with E-state index in [1.807, 2.05) is 20.8 Å². The number of primary amides is 1. The number of carbonyl (C=O) groups is 1. The summed E-state index contributed by atoms with van der Waals surface area (Å²) in [7, 11) is 0. The lowest BCUT2D eigenvalue weighted by atomic mass is 10.1. The molecule has 0 spiro atoms. The first kappa shape index (κ1) is 15.0. The summed E-state index contributed by atoms with van der Waals surface area (Å²) in [5, 5.41) is 10.9. The number of benzene rings is 1. The van der Waals surface area contributed by atoms with Crippen molar-refractivity contribution in [3.05, 3.63) is 41.5 Å². The standard InChI is InChI=1S/C14H18FN5O/c1-14(2,3)20-8-10(18-19-20)7-17-12-6-9(13(16)21)4-5-11(12)15/h4-6,8,17H,7H2,1-3H3,(H2,16,21). The topological polar surface area (TPSA) is 85.8 Å². The first-order chi connectivity index (χ1) is 9.77. The van der Waals surface area contributed by atoms with Crippen molar-refractivity contribution in [2.75, 3.05) is 5.32 Å². The molecular formula is C14H18FN5O. The largest absolute Gasteiger partial charge is 0.377 e. The van der Waals surface area contributed by atoms with Crippen LogP contribution in [-0.4, -0.2) is 20.9 Å². The van der Waals surface area contributed by atoms with Gasteiger partial charge in [-0.25, -0.2) is 9.07 Å². The Hall–Kier alpha value is -2.44. The maximum Gasteiger partial charge on any atom is 0.248 e. The van der Waals surface area contributed by atoms with Gasteiger partial charge in [0, 0.05) is 5.56 Å². The Kier molecular flexibility index (Phi) is 3.93. The molecule has 0 saturated heterocycles. The highest BCUT2D eigenvalue weighted by molar-refractivity contribution is 5.93. The van der Waals surface area contributed by atoms with Gasteiger partial charge in [-0.2, -0.15) is 0 Å². The number of hydrogen-bond donors (Lipinski definition) is 2. The lowest BCUT2D eigenvalue weighted by Crippen LogP contribution is -2.22. The summed E-state index contributed by atoms with van der Waals surface area (Å²) >= 11 is 0. The molecule has 1 amide bonds. The molecule has 0 aliphatic carbocycles. The number of halogens is 1. The van der Waals surface area contributed by atoms with Crippen molar-refractivity contribution in [2.45, 2.75) is 32.9 Å². The maximum atomic E-state index is 13.7. The van der Waals surface area contributed by atoms with Gasteiger partial charge in [-0.1, -0.05) is 5.21 Å². The van der Waals surface area contributed by atoms with Crippen LogP contribution in [0.25, 0.3) is 0 Å². The number of nitrogens with two attached hydrogens (primary N) is 1. The molecule has 2 rings (SSSR count). The van der Waals surface area contributed by atoms with Crippen LogP contribution in [0.3, 0.4) is 0 Å². The summed E-state index contributed by atoms with van der Waals surface area (Å²) in [6.07, 6.45) is 1.79. The predicted molar refractivity (Wildman–Crippen MR) is 77.3 cm³/mol. The van der Waals surface area contributed by atoms with Gasteiger partial charge in [0.1, 0.15) is 11.5 Å². The number of amides is 1. The fourth-order valence-electron chi connectivity index (χ4n) is 1.71. The normalized spacial score (nSPS) is 11.4. The summed E-state index contributed by atoms with van der Waals surface area (Å²) in [6, 6.07) is 3.93. The van der Waals surface area contributed by atoms with E-state index in [2.05, 4.69) is 15.6 Å². The molecule has 1 aromatic heterocycles. The number of nitrogens with one attached hydrogen (secondary N) is 1. The van der Waals surface area contributed by atoms with E-state index in [1.54, 1.807) is 10.9 Å². The van der Waals surface area contributed by atoms with Gasteiger partial charge >= 0.3 is 0 Å². The highest BCUT2D eigenvalue weighted by Crippen LogP contribution is 2.17. The lowest BCUT2D eigenvalue weighted by molar-refractivity contribution is 0.100. The number of nitrogens with zero attached hydrogens (tertiary/aromatic N) is 3. The summed E-state index contributed by atoms with van der Waals surface area (Å²) in [5.74, 6) is -1.06. The Balaban J connectivity index is 2.11. The molecule has 7 heteroatoms. The SMILES string of the molecule is CC(C)(C)n1cc(CNc2cc(C(N)=O)ccc2F)nn1. The second kappa shape index (κ2) is 5.51. The summed E-state index contributed by atoms with van der Waals surface area (Å²) in [5.41, 5.74) is 6.14. The number of anilines is 1. The number of aromatic nitrogens is 3. The van der Waals surface area contributed by atoms with E-state index in [9.17, 15) is 9.18 Å². The van der Waals surface area contributed by atoms with Crippen LogP contribution in [0.2, 0.25) is 0 Å². The van der Waals surface area contributed by atoms with Crippen molar-refractivity contribution < 1.29 is 9.18 Å². The average Bonchev–Trinajstić information content (AvgIpc) is 2.86. The molecule has 112 valence electrons. The zero-order valence-corrected chi connectivity index (χ0v) is 12.2. The molecule has 1 aromatic carbocycles. The van der Waals surface area contributed by atoms with Crippen LogP contribution in [0.15, 0.2) is 24.4 Å². The molecule has 0 radical (unpaired) electrons. The Morgan fingerprint density at radius 1 is 1.43 bits per heavy atom. The molecule has 0 bridgehead atoms. The molecule has 0 saturated carbocycles. The van der Waals surface area contributed by atoms with E-state index in [4.69, 9.17) is 5.73 Å². The molecule has 2 aromatic rings. The number of hydrogen-bond acceptors (Lipinski definition) is 4. The van der Waals surface area contributed by atoms with Crippen LogP contribution in [0.1, 0.15) is 36.8 Å². The van der Waals surface area contributed by atoms with E-state index in [-0.39, 0.29) is 16.8 Å². The van der Waals surface area contributed by atoms with Gasteiger partial charge < -0.3 is 11.1 Å². The molecule has 0 atom stereocenters. The fourth-order valence-corrected chi connectivity index (χ4v) is 1.71. The third kappa shape index (κ3) is 3.56. The number of carbonyl (C=O) groups excluding carboxylic acids is 1. The third-order valence-corrected chi connectivity index (χ3v) is 2.94. The summed E-state index contributed by atoms with van der Waals surface area (Å²) in [4.78, 5) is 11.1. The monoisotopic (exact) mass is 291 g/mol. The van der Waals surface area contributed by atoms with Gasteiger partial charge in [-0.3, -0.25) is 4.79 Å². The molecular weight excluding hydrogens is 273 g/mol. The Bertz CT molecular complexity index is 660. The Morgan fingerprint density at radius 3 is 2.71 bits per heavy atom. The summed E-state index contributed by atoms with van der Waals surface area (Å²) in [6.45, 7) is 6.33. The molecule has 21 heavy (non-hydrogen) atoms. The first-order valence-electron chi connectivity index (χ1n) is 6.52. The van der Waals surface area contributed by atoms with E-state index in [1.165, 1.54) is 18.2 Å². The molecule has 0 aliphatic heterocycles. The van der Waals surface area contributed by atoms with Crippen molar-refractivity contribution in [3.63, 3.8) is 0 Å². The van der Waals surface area contributed by atoms with Crippen molar-refractivity contribution in [1.29, 1.82) is 0 Å². The third-order valence-electron chi connectivity index (χ3n) is 2.94. The van der Waals surface area contributed by atoms with Crippen LogP contribution >= 0.6 is 0 Å². The predicted octanol–water partition coefficient (Wildman–Crippen LogP) is 1.88. The van der Waals surface area contributed by atoms with Gasteiger partial charge in [-0.15, -0.1) is 5.10 Å². The van der Waals surface area contributed by atoms with Gasteiger partial charge in [0.05, 0.1) is 24.0 Å². The molecule has 3 N–H and O–H groups in total. The van der Waals surface area contributed by atoms with Gasteiger partial charge in [0.15, 0.2) is 0 Å². The maximum absolute atomic E-state index is 13.7. The Morgan fingerprint density at radius 2 is 2.14 bits per heavy atom. The van der Waals surface area contributed by atoms with Gasteiger partial charge in [-0.05, 0) is 39.0 Å². The average molecular weight is 291 g/mol. The molecule has 0 unspecified atom stereocenters. The van der Waals surface area contributed by atoms with E-state index < -0.39 is 11.7 Å². The molecule has 0 fully saturated rings. The van der Waals surface area contributed by atoms with Crippen LogP contribution in [-0.2, 0) is 12.1 Å². The zero-order chi connectivity index (χ0) is 15.6. The van der Waals surface area contributed by atoms with Crippen LogP contribution < -0.4 is 11.1 Å². The van der Waals surface area contributed by atoms with Crippen molar-refractivity contribution >= 4 is 11.6 Å². The lowest BCUT2D eigenvalue weighted by Gasteiger charge is -2.17. The highest BCUT2D eigenvalue weighted by atomic mass is 19.1. The van der Waals surface area contributed by atoms with E-state index in [0.29, 0.717) is 12.2 Å². The van der Waals surface area contributed by atoms with Crippen molar-refractivity contribution in [3.8, 4) is 0 Å². The first-order valence-corrected chi connectivity index (χ1v) is 6.52. The number of rotatable bonds is 4. The molecule has 1 heterocycles. The second-order valence-electron chi connectivity index (χ2n) is 5.74. The van der Waals surface area contributed by atoms with E-state index in [0.717, 1.165) is 0 Å². The van der Waals surface area contributed by atoms with Crippen molar-refractivity contribution in [2.24, 2.45) is 5.73 Å². The van der Waals surface area contributed by atoms with Crippen LogP contribution in [0.5, 0.6) is 0 Å². The quantitative estimate of drug-likeness (QED) is 0.900.